The molecule has 0 unspecified atom stereocenters. The summed E-state index contributed by atoms with van der Waals surface area (Å²) in [7, 11) is 4.36. The van der Waals surface area contributed by atoms with Gasteiger partial charge in [-0.15, -0.1) is 0 Å². The van der Waals surface area contributed by atoms with E-state index in [2.05, 4.69) is 0 Å². The predicted molar refractivity (Wildman–Crippen MR) is 111 cm³/mol. The zero-order chi connectivity index (χ0) is 21.1. The van der Waals surface area contributed by atoms with E-state index in [1.807, 2.05) is 0 Å². The maximum atomic E-state index is 13.3. The van der Waals surface area contributed by atoms with Crippen LogP contribution in [0.3, 0.4) is 0 Å². The summed E-state index contributed by atoms with van der Waals surface area (Å²) in [4.78, 5) is 27.2. The molecular weight excluding hydrogens is 394 g/mol. The smallest absolute Gasteiger partial charge is 0.340 e. The number of ether oxygens (including phenoxy) is 3. The standard InChI is InChI=1S/C22H20ClNO5/c1-13-20(22(26)29-4)18(11-14-5-10-17(27-2)12-19(14)28-3)21(25)24(13)16-8-6-15(23)7-9-16/h5-12H,1-4H3/b18-11-. The number of methoxy groups -OCH3 is 3. The molecule has 2 aromatic carbocycles. The fourth-order valence-electron chi connectivity index (χ4n) is 3.17. The predicted octanol–water partition coefficient (Wildman–Crippen LogP) is 4.23. The van der Waals surface area contributed by atoms with Crippen molar-refractivity contribution in [3.63, 3.8) is 0 Å². The fourth-order valence-corrected chi connectivity index (χ4v) is 3.30. The lowest BCUT2D eigenvalue weighted by molar-refractivity contribution is -0.136. The molecule has 0 radical (unpaired) electrons. The summed E-state index contributed by atoms with van der Waals surface area (Å²) in [6.07, 6.45) is 1.62. The van der Waals surface area contributed by atoms with E-state index in [9.17, 15) is 9.59 Å². The molecule has 0 aliphatic carbocycles. The van der Waals surface area contributed by atoms with Gasteiger partial charge in [0.2, 0.25) is 0 Å². The van der Waals surface area contributed by atoms with Gasteiger partial charge in [-0.05, 0) is 49.4 Å². The number of halogens is 1. The van der Waals surface area contributed by atoms with Crippen LogP contribution in [0.4, 0.5) is 5.69 Å². The van der Waals surface area contributed by atoms with Crippen molar-refractivity contribution in [2.75, 3.05) is 26.2 Å². The van der Waals surface area contributed by atoms with Crippen molar-refractivity contribution in [1.82, 2.24) is 0 Å². The average Bonchev–Trinajstić information content (AvgIpc) is 2.98. The van der Waals surface area contributed by atoms with Crippen LogP contribution in [0.25, 0.3) is 6.08 Å². The average molecular weight is 414 g/mol. The van der Waals surface area contributed by atoms with E-state index < -0.39 is 5.97 Å². The van der Waals surface area contributed by atoms with Gasteiger partial charge in [0.05, 0.1) is 32.5 Å². The van der Waals surface area contributed by atoms with E-state index in [1.165, 1.54) is 19.1 Å². The van der Waals surface area contributed by atoms with Gasteiger partial charge in [-0.1, -0.05) is 11.6 Å². The molecule has 3 rings (SSSR count). The highest BCUT2D eigenvalue weighted by atomic mass is 35.5. The SMILES string of the molecule is COC(=O)C1=C(C)N(c2ccc(Cl)cc2)C(=O)/C1=C\c1ccc(OC)cc1OC. The summed E-state index contributed by atoms with van der Waals surface area (Å²) in [5.74, 6) is 0.190. The minimum absolute atomic E-state index is 0.199. The Balaban J connectivity index is 2.15. The highest BCUT2D eigenvalue weighted by molar-refractivity contribution is 6.30. The number of allylic oxidation sites excluding steroid dienone is 1. The molecular formula is C22H20ClNO5. The number of rotatable bonds is 5. The number of benzene rings is 2. The Morgan fingerprint density at radius 2 is 1.72 bits per heavy atom. The maximum absolute atomic E-state index is 13.3. The minimum atomic E-state index is -0.592. The molecule has 0 aromatic heterocycles. The van der Waals surface area contributed by atoms with Gasteiger partial charge in [0.1, 0.15) is 11.5 Å². The Morgan fingerprint density at radius 1 is 1.03 bits per heavy atom. The van der Waals surface area contributed by atoms with Crippen molar-refractivity contribution >= 4 is 35.2 Å². The molecule has 0 bridgehead atoms. The van der Waals surface area contributed by atoms with Crippen LogP contribution in [0.15, 0.2) is 59.3 Å². The Labute approximate surface area is 173 Å². The molecule has 0 N–H and O–H groups in total. The summed E-state index contributed by atoms with van der Waals surface area (Å²) >= 11 is 5.96. The summed E-state index contributed by atoms with van der Waals surface area (Å²) in [6.45, 7) is 1.70. The van der Waals surface area contributed by atoms with Gasteiger partial charge in [-0.25, -0.2) is 4.79 Å². The first-order valence-corrected chi connectivity index (χ1v) is 9.12. The van der Waals surface area contributed by atoms with Gasteiger partial charge in [-0.3, -0.25) is 9.69 Å². The highest BCUT2D eigenvalue weighted by Crippen LogP contribution is 2.37. The van der Waals surface area contributed by atoms with Gasteiger partial charge in [0.25, 0.3) is 5.91 Å². The largest absolute Gasteiger partial charge is 0.497 e. The monoisotopic (exact) mass is 413 g/mol. The van der Waals surface area contributed by atoms with Crippen molar-refractivity contribution in [2.24, 2.45) is 0 Å². The third-order valence-corrected chi connectivity index (χ3v) is 4.87. The first-order valence-electron chi connectivity index (χ1n) is 8.74. The van der Waals surface area contributed by atoms with Crippen LogP contribution >= 0.6 is 11.6 Å². The molecule has 1 heterocycles. The number of hydrogen-bond acceptors (Lipinski definition) is 5. The number of carbonyl (C=O) groups excluding carboxylic acids is 2. The number of carbonyl (C=O) groups is 2. The second-order valence-electron chi connectivity index (χ2n) is 6.23. The molecule has 7 heteroatoms. The third-order valence-electron chi connectivity index (χ3n) is 4.61. The van der Waals surface area contributed by atoms with E-state index in [0.717, 1.165) is 0 Å². The number of nitrogens with zero attached hydrogens (tertiary/aromatic N) is 1. The molecule has 29 heavy (non-hydrogen) atoms. The normalized spacial score (nSPS) is 15.1. The summed E-state index contributed by atoms with van der Waals surface area (Å²) in [5, 5.41) is 0.550. The Morgan fingerprint density at radius 3 is 2.31 bits per heavy atom. The Bertz CT molecular complexity index is 1020. The number of esters is 1. The highest BCUT2D eigenvalue weighted by Gasteiger charge is 2.38. The second kappa shape index (κ2) is 8.41. The summed E-state index contributed by atoms with van der Waals surface area (Å²) < 4.78 is 15.5. The van der Waals surface area contributed by atoms with Crippen LogP contribution in [0.2, 0.25) is 5.02 Å². The van der Waals surface area contributed by atoms with Gasteiger partial charge in [0.15, 0.2) is 0 Å². The lowest BCUT2D eigenvalue weighted by atomic mass is 10.0. The number of anilines is 1. The molecule has 150 valence electrons. The van der Waals surface area contributed by atoms with Gasteiger partial charge >= 0.3 is 5.97 Å². The van der Waals surface area contributed by atoms with Gasteiger partial charge < -0.3 is 14.2 Å². The molecule has 0 fully saturated rings. The first kappa shape index (κ1) is 20.5. The zero-order valence-corrected chi connectivity index (χ0v) is 17.2. The van der Waals surface area contributed by atoms with E-state index in [1.54, 1.807) is 62.6 Å². The molecule has 1 aliphatic rings. The third kappa shape index (κ3) is 3.84. The van der Waals surface area contributed by atoms with Crippen LogP contribution in [-0.4, -0.2) is 33.2 Å². The number of hydrogen-bond donors (Lipinski definition) is 0. The lowest BCUT2D eigenvalue weighted by Crippen LogP contribution is -2.24. The van der Waals surface area contributed by atoms with E-state index in [-0.39, 0.29) is 17.1 Å². The molecule has 1 amide bonds. The fraction of sp³-hybridized carbons (Fsp3) is 0.182. The maximum Gasteiger partial charge on any atom is 0.340 e. The Kier molecular flexibility index (Phi) is 5.94. The van der Waals surface area contributed by atoms with Crippen LogP contribution < -0.4 is 14.4 Å². The van der Waals surface area contributed by atoms with E-state index in [4.69, 9.17) is 25.8 Å². The van der Waals surface area contributed by atoms with Crippen LogP contribution in [0, 0.1) is 0 Å². The van der Waals surface area contributed by atoms with Crippen molar-refractivity contribution in [3.8, 4) is 11.5 Å². The Hall–Kier alpha value is -3.25. The van der Waals surface area contributed by atoms with Crippen molar-refractivity contribution in [3.05, 3.63) is 69.9 Å². The molecule has 1 aliphatic heterocycles. The zero-order valence-electron chi connectivity index (χ0n) is 16.5. The van der Waals surface area contributed by atoms with Gasteiger partial charge in [0, 0.05) is 28.0 Å². The molecule has 0 saturated heterocycles. The van der Waals surface area contributed by atoms with Crippen molar-refractivity contribution in [2.45, 2.75) is 6.92 Å². The molecule has 0 spiro atoms. The molecule has 2 aromatic rings. The lowest BCUT2D eigenvalue weighted by Gasteiger charge is -2.18. The van der Waals surface area contributed by atoms with Crippen LogP contribution in [0.5, 0.6) is 11.5 Å². The van der Waals surface area contributed by atoms with E-state index in [0.29, 0.717) is 33.5 Å². The molecule has 6 nitrogen and oxygen atoms in total. The molecule has 0 atom stereocenters. The summed E-state index contributed by atoms with van der Waals surface area (Å²) in [6, 6.07) is 12.0. The second-order valence-corrected chi connectivity index (χ2v) is 6.67. The quantitative estimate of drug-likeness (QED) is 0.542. The topological polar surface area (TPSA) is 65.1 Å². The van der Waals surface area contributed by atoms with Crippen LogP contribution in [-0.2, 0) is 14.3 Å². The minimum Gasteiger partial charge on any atom is -0.497 e. The van der Waals surface area contributed by atoms with Crippen molar-refractivity contribution < 1.29 is 23.8 Å². The van der Waals surface area contributed by atoms with Crippen molar-refractivity contribution in [1.29, 1.82) is 0 Å². The van der Waals surface area contributed by atoms with Gasteiger partial charge in [-0.2, -0.15) is 0 Å². The van der Waals surface area contributed by atoms with E-state index >= 15 is 0 Å². The number of amides is 1. The molecule has 0 saturated carbocycles. The first-order chi connectivity index (χ1) is 13.9. The van der Waals surface area contributed by atoms with Crippen LogP contribution in [0.1, 0.15) is 12.5 Å². The summed E-state index contributed by atoms with van der Waals surface area (Å²) in [5.41, 5.74) is 2.12.